The van der Waals surface area contributed by atoms with Crippen molar-refractivity contribution in [3.8, 4) is 0 Å². The van der Waals surface area contributed by atoms with Crippen LogP contribution in [0.25, 0.3) is 0 Å². The monoisotopic (exact) mass is 328 g/mol. The van der Waals surface area contributed by atoms with Gasteiger partial charge < -0.3 is 5.32 Å². The van der Waals surface area contributed by atoms with E-state index in [0.717, 1.165) is 17.0 Å². The Hall–Kier alpha value is -0.780. The van der Waals surface area contributed by atoms with Gasteiger partial charge in [0.25, 0.3) is 0 Å². The molecule has 1 aromatic carbocycles. The third-order valence-corrected chi connectivity index (χ3v) is 4.23. The van der Waals surface area contributed by atoms with Crippen molar-refractivity contribution in [2.45, 2.75) is 25.9 Å². The Kier molecular flexibility index (Phi) is 4.86. The summed E-state index contributed by atoms with van der Waals surface area (Å²) in [6, 6.07) is 5.42. The van der Waals surface area contributed by atoms with Crippen LogP contribution in [0.4, 0.5) is 4.39 Å². The van der Waals surface area contributed by atoms with Crippen LogP contribution in [0, 0.1) is 5.82 Å². The summed E-state index contributed by atoms with van der Waals surface area (Å²) >= 11 is 4.79. The van der Waals surface area contributed by atoms with Crippen LogP contribution in [0.3, 0.4) is 0 Å². The molecule has 0 aliphatic heterocycles. The van der Waals surface area contributed by atoms with Crippen molar-refractivity contribution in [2.75, 3.05) is 0 Å². The van der Waals surface area contributed by atoms with E-state index in [4.69, 9.17) is 0 Å². The Balaban J connectivity index is 1.99. The Labute approximate surface area is 118 Å². The highest BCUT2D eigenvalue weighted by molar-refractivity contribution is 9.10. The molecule has 0 aliphatic rings. The van der Waals surface area contributed by atoms with Crippen LogP contribution in [0.15, 0.2) is 34.2 Å². The molecule has 1 aromatic heterocycles. The molecule has 2 aromatic rings. The van der Waals surface area contributed by atoms with E-state index >= 15 is 0 Å². The fourth-order valence-electron chi connectivity index (χ4n) is 1.70. The fourth-order valence-corrected chi connectivity index (χ4v) is 2.75. The molecule has 2 nitrogen and oxygen atoms in total. The average molecular weight is 329 g/mol. The Morgan fingerprint density at radius 1 is 1.50 bits per heavy atom. The maximum absolute atomic E-state index is 13.4. The smallest absolute Gasteiger partial charge is 0.137 e. The Morgan fingerprint density at radius 3 is 2.94 bits per heavy atom. The quantitative estimate of drug-likeness (QED) is 0.885. The van der Waals surface area contributed by atoms with Gasteiger partial charge in [0.15, 0.2) is 0 Å². The van der Waals surface area contributed by atoms with E-state index in [1.54, 1.807) is 23.5 Å². The molecular formula is C13H14BrFN2S. The van der Waals surface area contributed by atoms with Gasteiger partial charge in [-0.1, -0.05) is 13.0 Å². The Morgan fingerprint density at radius 2 is 2.33 bits per heavy atom. The highest BCUT2D eigenvalue weighted by Gasteiger charge is 2.11. The topological polar surface area (TPSA) is 24.9 Å². The summed E-state index contributed by atoms with van der Waals surface area (Å²) in [5.41, 5.74) is 0.936. The van der Waals surface area contributed by atoms with E-state index in [0.29, 0.717) is 11.0 Å². The lowest BCUT2D eigenvalue weighted by molar-refractivity contribution is 0.514. The molecule has 0 amide bonds. The molecule has 1 N–H and O–H groups in total. The summed E-state index contributed by atoms with van der Waals surface area (Å²) in [7, 11) is 0. The molecule has 1 unspecified atom stereocenters. The molecule has 1 heterocycles. The number of benzene rings is 1. The summed E-state index contributed by atoms with van der Waals surface area (Å²) in [5, 5.41) is 6.45. The summed E-state index contributed by atoms with van der Waals surface area (Å²) in [6.07, 6.45) is 2.77. The zero-order chi connectivity index (χ0) is 13.0. The minimum absolute atomic E-state index is 0.225. The van der Waals surface area contributed by atoms with Crippen LogP contribution in [-0.4, -0.2) is 4.98 Å². The lowest BCUT2D eigenvalue weighted by atomic mass is 10.2. The van der Waals surface area contributed by atoms with E-state index in [9.17, 15) is 4.39 Å². The van der Waals surface area contributed by atoms with Gasteiger partial charge >= 0.3 is 0 Å². The van der Waals surface area contributed by atoms with Crippen molar-refractivity contribution < 1.29 is 4.39 Å². The van der Waals surface area contributed by atoms with Gasteiger partial charge in [-0.15, -0.1) is 11.3 Å². The molecular weight excluding hydrogens is 315 g/mol. The number of nitrogens with zero attached hydrogens (tertiary/aromatic N) is 1. The predicted octanol–water partition coefficient (Wildman–Crippen LogP) is 4.29. The second-order valence-corrected chi connectivity index (χ2v) is 5.74. The van der Waals surface area contributed by atoms with Gasteiger partial charge in [0.1, 0.15) is 10.8 Å². The van der Waals surface area contributed by atoms with E-state index in [-0.39, 0.29) is 11.9 Å². The molecule has 0 fully saturated rings. The van der Waals surface area contributed by atoms with Gasteiger partial charge in [0.05, 0.1) is 10.5 Å². The molecule has 5 heteroatoms. The van der Waals surface area contributed by atoms with E-state index < -0.39 is 0 Å². The number of hydrogen-bond acceptors (Lipinski definition) is 3. The zero-order valence-electron chi connectivity index (χ0n) is 9.99. The van der Waals surface area contributed by atoms with Crippen LogP contribution < -0.4 is 5.32 Å². The minimum atomic E-state index is -0.225. The number of halogens is 2. The minimum Gasteiger partial charge on any atom is -0.304 e. The lowest BCUT2D eigenvalue weighted by Crippen LogP contribution is -2.20. The highest BCUT2D eigenvalue weighted by Crippen LogP contribution is 2.20. The van der Waals surface area contributed by atoms with Gasteiger partial charge in [-0.05, 0) is 40.0 Å². The standard InChI is InChI=1S/C13H14BrFN2S/c1-2-12(13-16-5-6-18-13)17-8-9-3-4-10(14)11(15)7-9/h3-7,12,17H,2,8H2,1H3. The molecule has 0 aliphatic carbocycles. The number of hydrogen-bond donors (Lipinski definition) is 1. The first kappa shape index (κ1) is 13.6. The number of nitrogens with one attached hydrogen (secondary N) is 1. The number of thiazole rings is 1. The van der Waals surface area contributed by atoms with Gasteiger partial charge in [0.2, 0.25) is 0 Å². The van der Waals surface area contributed by atoms with Gasteiger partial charge in [-0.25, -0.2) is 9.37 Å². The molecule has 0 radical (unpaired) electrons. The number of aromatic nitrogens is 1. The van der Waals surface area contributed by atoms with E-state index in [2.05, 4.69) is 33.2 Å². The first-order valence-electron chi connectivity index (χ1n) is 5.77. The summed E-state index contributed by atoms with van der Waals surface area (Å²) in [4.78, 5) is 4.31. The highest BCUT2D eigenvalue weighted by atomic mass is 79.9. The summed E-state index contributed by atoms with van der Waals surface area (Å²) in [6.45, 7) is 2.75. The normalized spacial score (nSPS) is 12.6. The van der Waals surface area contributed by atoms with Crippen molar-refractivity contribution in [3.63, 3.8) is 0 Å². The molecule has 0 spiro atoms. The molecule has 0 saturated carbocycles. The molecule has 0 bridgehead atoms. The van der Waals surface area contributed by atoms with E-state index in [1.807, 2.05) is 17.6 Å². The first-order chi connectivity index (χ1) is 8.70. The fraction of sp³-hybridized carbons (Fsp3) is 0.308. The third kappa shape index (κ3) is 3.37. The van der Waals surface area contributed by atoms with Crippen molar-refractivity contribution in [1.29, 1.82) is 0 Å². The largest absolute Gasteiger partial charge is 0.304 e. The molecule has 2 rings (SSSR count). The molecule has 0 saturated heterocycles. The van der Waals surface area contributed by atoms with Crippen LogP contribution in [0.1, 0.15) is 30.0 Å². The maximum atomic E-state index is 13.4. The van der Waals surface area contributed by atoms with Crippen LogP contribution in [0.2, 0.25) is 0 Å². The van der Waals surface area contributed by atoms with Gasteiger partial charge in [-0.2, -0.15) is 0 Å². The predicted molar refractivity (Wildman–Crippen MR) is 76.1 cm³/mol. The van der Waals surface area contributed by atoms with Crippen LogP contribution in [0.5, 0.6) is 0 Å². The van der Waals surface area contributed by atoms with E-state index in [1.165, 1.54) is 0 Å². The SMILES string of the molecule is CCC(NCc1ccc(Br)c(F)c1)c1nccs1. The van der Waals surface area contributed by atoms with Crippen molar-refractivity contribution in [1.82, 2.24) is 10.3 Å². The Bertz CT molecular complexity index is 502. The van der Waals surface area contributed by atoms with Crippen LogP contribution in [-0.2, 0) is 6.54 Å². The second kappa shape index (κ2) is 6.41. The van der Waals surface area contributed by atoms with Gasteiger partial charge in [-0.3, -0.25) is 0 Å². The van der Waals surface area contributed by atoms with Crippen molar-refractivity contribution >= 4 is 27.3 Å². The van der Waals surface area contributed by atoms with Crippen LogP contribution >= 0.6 is 27.3 Å². The zero-order valence-corrected chi connectivity index (χ0v) is 12.4. The molecule has 18 heavy (non-hydrogen) atoms. The third-order valence-electron chi connectivity index (χ3n) is 2.69. The van der Waals surface area contributed by atoms with Crippen molar-refractivity contribution in [3.05, 3.63) is 50.6 Å². The maximum Gasteiger partial charge on any atom is 0.137 e. The summed E-state index contributed by atoms with van der Waals surface area (Å²) in [5.74, 6) is -0.225. The average Bonchev–Trinajstić information content (AvgIpc) is 2.88. The first-order valence-corrected chi connectivity index (χ1v) is 7.44. The summed E-state index contributed by atoms with van der Waals surface area (Å²) < 4.78 is 13.9. The lowest BCUT2D eigenvalue weighted by Gasteiger charge is -2.14. The molecule has 96 valence electrons. The van der Waals surface area contributed by atoms with Gasteiger partial charge in [0, 0.05) is 18.1 Å². The number of rotatable bonds is 5. The molecule has 1 atom stereocenters. The van der Waals surface area contributed by atoms with Crippen molar-refractivity contribution in [2.24, 2.45) is 0 Å². The second-order valence-electron chi connectivity index (χ2n) is 3.96.